The summed E-state index contributed by atoms with van der Waals surface area (Å²) in [6.45, 7) is 3.26. The summed E-state index contributed by atoms with van der Waals surface area (Å²) in [4.78, 5) is 0. The third-order valence-corrected chi connectivity index (χ3v) is 4.27. The van der Waals surface area contributed by atoms with Crippen molar-refractivity contribution in [3.05, 3.63) is 71.3 Å². The van der Waals surface area contributed by atoms with Crippen molar-refractivity contribution in [2.75, 3.05) is 6.54 Å². The van der Waals surface area contributed by atoms with E-state index in [1.807, 2.05) is 0 Å². The molecule has 1 N–H and O–H groups in total. The molecule has 0 spiro atoms. The maximum Gasteiger partial charge on any atom is 0.0348 e. The Kier molecular flexibility index (Phi) is 4.17. The Hall–Kier alpha value is -1.60. The van der Waals surface area contributed by atoms with E-state index in [4.69, 9.17) is 0 Å². The zero-order chi connectivity index (χ0) is 13.8. The highest BCUT2D eigenvalue weighted by molar-refractivity contribution is 5.26. The van der Waals surface area contributed by atoms with Crippen LogP contribution in [0.1, 0.15) is 35.6 Å². The lowest BCUT2D eigenvalue weighted by molar-refractivity contribution is 0.484. The number of benzene rings is 2. The molecule has 0 radical (unpaired) electrons. The first-order valence-electron chi connectivity index (χ1n) is 7.67. The molecule has 1 fully saturated rings. The Bertz CT molecular complexity index is 543. The Balaban J connectivity index is 1.60. The van der Waals surface area contributed by atoms with Crippen LogP contribution in [0.25, 0.3) is 0 Å². The molecule has 0 amide bonds. The van der Waals surface area contributed by atoms with Gasteiger partial charge in [-0.2, -0.15) is 0 Å². The van der Waals surface area contributed by atoms with E-state index in [0.29, 0.717) is 6.04 Å². The van der Waals surface area contributed by atoms with Gasteiger partial charge in [-0.05, 0) is 55.3 Å². The number of hydrogen-bond acceptors (Lipinski definition) is 1. The van der Waals surface area contributed by atoms with Crippen LogP contribution in [0, 0.1) is 12.8 Å². The molecule has 1 saturated carbocycles. The summed E-state index contributed by atoms with van der Waals surface area (Å²) in [5.74, 6) is 0.842. The largest absolute Gasteiger partial charge is 0.309 e. The fourth-order valence-electron chi connectivity index (χ4n) is 2.90. The predicted molar refractivity (Wildman–Crippen MR) is 84.8 cm³/mol. The number of nitrogens with one attached hydrogen (secondary N) is 1. The molecule has 3 rings (SSSR count). The van der Waals surface area contributed by atoms with Gasteiger partial charge in [0.2, 0.25) is 0 Å². The molecule has 0 aromatic heterocycles. The molecule has 104 valence electrons. The van der Waals surface area contributed by atoms with E-state index in [9.17, 15) is 0 Å². The van der Waals surface area contributed by atoms with Gasteiger partial charge in [0.25, 0.3) is 0 Å². The van der Waals surface area contributed by atoms with Crippen molar-refractivity contribution in [3.63, 3.8) is 0 Å². The Morgan fingerprint density at radius 3 is 2.40 bits per heavy atom. The van der Waals surface area contributed by atoms with Gasteiger partial charge in [0, 0.05) is 6.04 Å². The Labute approximate surface area is 122 Å². The molecule has 1 aliphatic carbocycles. The molecule has 0 bridgehead atoms. The summed E-state index contributed by atoms with van der Waals surface area (Å²) >= 11 is 0. The van der Waals surface area contributed by atoms with Gasteiger partial charge >= 0.3 is 0 Å². The maximum absolute atomic E-state index is 3.77. The third-order valence-electron chi connectivity index (χ3n) is 4.27. The highest BCUT2D eigenvalue weighted by atomic mass is 14.9. The zero-order valence-electron chi connectivity index (χ0n) is 12.2. The van der Waals surface area contributed by atoms with E-state index in [1.54, 1.807) is 0 Å². The van der Waals surface area contributed by atoms with Gasteiger partial charge < -0.3 is 5.32 Å². The minimum Gasteiger partial charge on any atom is -0.309 e. The molecule has 1 unspecified atom stereocenters. The van der Waals surface area contributed by atoms with E-state index in [-0.39, 0.29) is 0 Å². The van der Waals surface area contributed by atoms with Crippen molar-refractivity contribution < 1.29 is 0 Å². The van der Waals surface area contributed by atoms with Crippen LogP contribution in [0.3, 0.4) is 0 Å². The van der Waals surface area contributed by atoms with Gasteiger partial charge in [-0.15, -0.1) is 0 Å². The Morgan fingerprint density at radius 2 is 1.70 bits per heavy atom. The van der Waals surface area contributed by atoms with Gasteiger partial charge in [-0.25, -0.2) is 0 Å². The lowest BCUT2D eigenvalue weighted by atomic mass is 10.0. The van der Waals surface area contributed by atoms with Gasteiger partial charge in [0.1, 0.15) is 0 Å². The standard InChI is InChI=1S/C19H23N/c1-15-7-5-6-8-16(15)13-14-20-19(18-11-12-18)17-9-3-2-4-10-17/h2-10,18-20H,11-14H2,1H3. The van der Waals surface area contributed by atoms with Gasteiger partial charge in [-0.3, -0.25) is 0 Å². The molecule has 0 saturated heterocycles. The minimum absolute atomic E-state index is 0.542. The number of rotatable bonds is 6. The first kappa shape index (κ1) is 13.4. The first-order chi connectivity index (χ1) is 9.84. The average molecular weight is 265 g/mol. The summed E-state index contributed by atoms with van der Waals surface area (Å²) in [7, 11) is 0. The molecule has 1 heteroatoms. The second kappa shape index (κ2) is 6.23. The molecule has 0 aliphatic heterocycles. The topological polar surface area (TPSA) is 12.0 Å². The minimum atomic E-state index is 0.542. The fraction of sp³-hybridized carbons (Fsp3) is 0.368. The van der Waals surface area contributed by atoms with Crippen molar-refractivity contribution in [2.24, 2.45) is 5.92 Å². The highest BCUT2D eigenvalue weighted by Gasteiger charge is 2.31. The van der Waals surface area contributed by atoms with Crippen molar-refractivity contribution in [1.29, 1.82) is 0 Å². The van der Waals surface area contributed by atoms with Crippen molar-refractivity contribution in [2.45, 2.75) is 32.2 Å². The van der Waals surface area contributed by atoms with E-state index in [2.05, 4.69) is 66.8 Å². The zero-order valence-corrected chi connectivity index (χ0v) is 12.2. The number of aryl methyl sites for hydroxylation is 1. The summed E-state index contributed by atoms with van der Waals surface area (Å²) in [6.07, 6.45) is 3.86. The molecular weight excluding hydrogens is 242 g/mol. The van der Waals surface area contributed by atoms with E-state index in [0.717, 1.165) is 18.9 Å². The third kappa shape index (κ3) is 3.29. The van der Waals surface area contributed by atoms with Crippen LogP contribution >= 0.6 is 0 Å². The van der Waals surface area contributed by atoms with Gasteiger partial charge in [0.15, 0.2) is 0 Å². The van der Waals surface area contributed by atoms with Crippen LogP contribution in [0.4, 0.5) is 0 Å². The molecule has 2 aromatic carbocycles. The van der Waals surface area contributed by atoms with Crippen molar-refractivity contribution in [3.8, 4) is 0 Å². The monoisotopic (exact) mass is 265 g/mol. The van der Waals surface area contributed by atoms with Gasteiger partial charge in [-0.1, -0.05) is 54.6 Å². The molecule has 20 heavy (non-hydrogen) atoms. The second-order valence-electron chi connectivity index (χ2n) is 5.86. The summed E-state index contributed by atoms with van der Waals surface area (Å²) in [6, 6.07) is 20.1. The van der Waals surface area contributed by atoms with Crippen LogP contribution in [0.2, 0.25) is 0 Å². The molecule has 1 aliphatic rings. The Morgan fingerprint density at radius 1 is 1.00 bits per heavy atom. The first-order valence-corrected chi connectivity index (χ1v) is 7.67. The summed E-state index contributed by atoms with van der Waals surface area (Å²) in [5, 5.41) is 3.77. The van der Waals surface area contributed by atoms with E-state index >= 15 is 0 Å². The van der Waals surface area contributed by atoms with Crippen LogP contribution in [0.5, 0.6) is 0 Å². The maximum atomic E-state index is 3.77. The van der Waals surface area contributed by atoms with Crippen LogP contribution in [-0.4, -0.2) is 6.54 Å². The van der Waals surface area contributed by atoms with Crippen molar-refractivity contribution >= 4 is 0 Å². The molecule has 1 nitrogen and oxygen atoms in total. The lowest BCUT2D eigenvalue weighted by Gasteiger charge is -2.19. The van der Waals surface area contributed by atoms with Crippen LogP contribution in [-0.2, 0) is 6.42 Å². The fourth-order valence-corrected chi connectivity index (χ4v) is 2.90. The second-order valence-corrected chi connectivity index (χ2v) is 5.86. The number of hydrogen-bond donors (Lipinski definition) is 1. The highest BCUT2D eigenvalue weighted by Crippen LogP contribution is 2.40. The van der Waals surface area contributed by atoms with Crippen LogP contribution < -0.4 is 5.32 Å². The molecule has 2 aromatic rings. The van der Waals surface area contributed by atoms with E-state index < -0.39 is 0 Å². The predicted octanol–water partition coefficient (Wildman–Crippen LogP) is 4.28. The lowest BCUT2D eigenvalue weighted by Crippen LogP contribution is -2.25. The van der Waals surface area contributed by atoms with Crippen molar-refractivity contribution in [1.82, 2.24) is 5.32 Å². The SMILES string of the molecule is Cc1ccccc1CCNC(c1ccccc1)C1CC1. The smallest absolute Gasteiger partial charge is 0.0348 e. The molecule has 1 atom stereocenters. The van der Waals surface area contributed by atoms with Gasteiger partial charge in [0.05, 0.1) is 0 Å². The summed E-state index contributed by atoms with van der Waals surface area (Å²) in [5.41, 5.74) is 4.30. The summed E-state index contributed by atoms with van der Waals surface area (Å²) < 4.78 is 0. The molecule has 0 heterocycles. The molecular formula is C19H23N. The average Bonchev–Trinajstić information content (AvgIpc) is 3.31. The van der Waals surface area contributed by atoms with Crippen LogP contribution in [0.15, 0.2) is 54.6 Å². The normalized spacial score (nSPS) is 16.1. The quantitative estimate of drug-likeness (QED) is 0.822. The van der Waals surface area contributed by atoms with E-state index in [1.165, 1.54) is 29.5 Å².